The van der Waals surface area contributed by atoms with Gasteiger partial charge in [-0.15, -0.1) is 0 Å². The maximum absolute atomic E-state index is 11.4. The Morgan fingerprint density at radius 2 is 1.85 bits per heavy atom. The average molecular weight is 182 g/mol. The van der Waals surface area contributed by atoms with Gasteiger partial charge in [0.25, 0.3) is 0 Å². The third-order valence-electron chi connectivity index (χ3n) is 2.99. The van der Waals surface area contributed by atoms with Gasteiger partial charge in [0.05, 0.1) is 13.1 Å². The number of rotatable bonds is 2. The zero-order chi connectivity index (χ0) is 9.26. The summed E-state index contributed by atoms with van der Waals surface area (Å²) in [5.41, 5.74) is 0. The minimum absolute atomic E-state index is 0.289. The van der Waals surface area contributed by atoms with Crippen LogP contribution in [0.1, 0.15) is 25.7 Å². The zero-order valence-corrected chi connectivity index (χ0v) is 8.01. The van der Waals surface area contributed by atoms with Gasteiger partial charge in [0.2, 0.25) is 5.91 Å². The van der Waals surface area contributed by atoms with E-state index in [-0.39, 0.29) is 5.91 Å². The fraction of sp³-hybridized carbons (Fsp3) is 0.800. The second-order valence-electron chi connectivity index (χ2n) is 4.31. The van der Waals surface area contributed by atoms with Crippen molar-refractivity contribution in [3.63, 3.8) is 0 Å². The van der Waals surface area contributed by atoms with Crippen molar-refractivity contribution in [2.75, 3.05) is 13.1 Å². The second kappa shape index (κ2) is 3.66. The van der Waals surface area contributed by atoms with Crippen molar-refractivity contribution in [2.45, 2.75) is 31.7 Å². The van der Waals surface area contributed by atoms with Crippen LogP contribution in [0.5, 0.6) is 0 Å². The highest BCUT2D eigenvalue weighted by Gasteiger charge is 2.31. The molecule has 13 heavy (non-hydrogen) atoms. The molecular weight excluding hydrogens is 164 g/mol. The van der Waals surface area contributed by atoms with E-state index in [1.54, 1.807) is 0 Å². The van der Waals surface area contributed by atoms with Crippen molar-refractivity contribution in [3.05, 3.63) is 7.05 Å². The van der Waals surface area contributed by atoms with Crippen molar-refractivity contribution in [2.24, 2.45) is 5.92 Å². The van der Waals surface area contributed by atoms with Crippen LogP contribution >= 0.6 is 0 Å². The Labute approximate surface area is 79.5 Å². The van der Waals surface area contributed by atoms with E-state index < -0.39 is 0 Å². The first-order valence-corrected chi connectivity index (χ1v) is 5.23. The highest BCUT2D eigenvalue weighted by molar-refractivity contribution is 5.81. The molecule has 2 aliphatic rings. The van der Waals surface area contributed by atoms with Crippen LogP contribution < -0.4 is 10.2 Å². The first-order chi connectivity index (χ1) is 6.25. The highest BCUT2D eigenvalue weighted by atomic mass is 16.2. The molecule has 1 aliphatic carbocycles. The molecule has 1 amide bonds. The van der Waals surface area contributed by atoms with E-state index in [1.807, 2.05) is 0 Å². The van der Waals surface area contributed by atoms with E-state index in [2.05, 4.69) is 12.4 Å². The summed E-state index contributed by atoms with van der Waals surface area (Å²) in [6, 6.07) is 0.429. The van der Waals surface area contributed by atoms with Crippen LogP contribution in [0.4, 0.5) is 0 Å². The summed E-state index contributed by atoms with van der Waals surface area (Å²) in [5, 5.41) is 3.12. The van der Waals surface area contributed by atoms with Gasteiger partial charge in [0.1, 0.15) is 0 Å². The summed E-state index contributed by atoms with van der Waals surface area (Å²) in [6.07, 6.45) is 4.39. The maximum Gasteiger partial charge on any atom is 0.223 e. The fourth-order valence-corrected chi connectivity index (χ4v) is 1.83. The molecule has 74 valence electrons. The number of amides is 1. The molecule has 1 saturated heterocycles. The van der Waals surface area contributed by atoms with Gasteiger partial charge in [0.15, 0.2) is 0 Å². The number of hydrogen-bond acceptors (Lipinski definition) is 1. The zero-order valence-electron chi connectivity index (χ0n) is 8.01. The number of quaternary nitrogens is 1. The van der Waals surface area contributed by atoms with Gasteiger partial charge in [-0.1, -0.05) is 0 Å². The number of piperidine rings is 1. The molecule has 0 aromatic heterocycles. The number of carbonyl (C=O) groups excluding carboxylic acids is 1. The Morgan fingerprint density at radius 1 is 1.23 bits per heavy atom. The Morgan fingerprint density at radius 3 is 2.38 bits per heavy atom. The second-order valence-corrected chi connectivity index (χ2v) is 4.31. The smallest absolute Gasteiger partial charge is 0.223 e. The molecule has 2 fully saturated rings. The molecular formula is C10H18N2O. The minimum atomic E-state index is 0.289. The van der Waals surface area contributed by atoms with Crippen molar-refractivity contribution in [1.82, 2.24) is 5.32 Å². The summed E-state index contributed by atoms with van der Waals surface area (Å²) >= 11 is 0. The lowest BCUT2D eigenvalue weighted by molar-refractivity contribution is -0.859. The molecule has 0 bridgehead atoms. The Hall–Kier alpha value is -0.570. The molecule has 0 aromatic rings. The van der Waals surface area contributed by atoms with Gasteiger partial charge in [-0.05, 0) is 12.8 Å². The van der Waals surface area contributed by atoms with Crippen LogP contribution in [0, 0.1) is 13.0 Å². The lowest BCUT2D eigenvalue weighted by Gasteiger charge is -2.31. The highest BCUT2D eigenvalue weighted by Crippen LogP contribution is 2.29. The summed E-state index contributed by atoms with van der Waals surface area (Å²) in [4.78, 5) is 12.8. The normalized spacial score (nSPS) is 34.2. The topological polar surface area (TPSA) is 33.5 Å². The molecule has 1 aliphatic heterocycles. The molecule has 3 nitrogen and oxygen atoms in total. The number of likely N-dealkylation sites (tertiary alicyclic amines) is 1. The van der Waals surface area contributed by atoms with E-state index in [0.29, 0.717) is 12.0 Å². The van der Waals surface area contributed by atoms with Gasteiger partial charge in [-0.2, -0.15) is 7.05 Å². The summed E-state index contributed by atoms with van der Waals surface area (Å²) in [7, 11) is 3.96. The average Bonchev–Trinajstić information content (AvgIpc) is 2.91. The monoisotopic (exact) mass is 182 g/mol. The van der Waals surface area contributed by atoms with Crippen LogP contribution in [-0.4, -0.2) is 25.0 Å². The van der Waals surface area contributed by atoms with Gasteiger partial charge < -0.3 is 10.2 Å². The van der Waals surface area contributed by atoms with Crippen LogP contribution in [0.25, 0.3) is 0 Å². The van der Waals surface area contributed by atoms with Crippen LogP contribution in [0.2, 0.25) is 0 Å². The largest absolute Gasteiger partial charge is 0.468 e. The lowest BCUT2D eigenvalue weighted by Crippen LogP contribution is -3.08. The van der Waals surface area contributed by atoms with Crippen LogP contribution in [-0.2, 0) is 4.79 Å². The van der Waals surface area contributed by atoms with E-state index >= 15 is 0 Å². The predicted octanol–water partition coefficient (Wildman–Crippen LogP) is -0.649. The fourth-order valence-electron chi connectivity index (χ4n) is 1.83. The first kappa shape index (κ1) is 9.00. The van der Waals surface area contributed by atoms with Gasteiger partial charge in [-0.3, -0.25) is 4.79 Å². The minimum Gasteiger partial charge on any atom is -0.468 e. The molecule has 3 heteroatoms. The van der Waals surface area contributed by atoms with Crippen LogP contribution in [0.3, 0.4) is 0 Å². The van der Waals surface area contributed by atoms with Gasteiger partial charge >= 0.3 is 0 Å². The number of carbonyl (C=O) groups is 1. The number of nitrogens with one attached hydrogen (secondary N) is 2. The van der Waals surface area contributed by atoms with Crippen molar-refractivity contribution in [1.29, 1.82) is 0 Å². The Bertz CT molecular complexity index is 193. The van der Waals surface area contributed by atoms with Crippen LogP contribution in [0.15, 0.2) is 0 Å². The lowest BCUT2D eigenvalue weighted by atomic mass is 10.1. The SMILES string of the molecule is [CH2-][NH+]1CCC(NC(=O)C2CC2)CC1. The Kier molecular flexibility index (Phi) is 2.54. The molecule has 0 aromatic carbocycles. The molecule has 2 rings (SSSR count). The summed E-state index contributed by atoms with van der Waals surface area (Å²) < 4.78 is 0. The van der Waals surface area contributed by atoms with Crippen molar-refractivity contribution in [3.8, 4) is 0 Å². The predicted molar refractivity (Wildman–Crippen MR) is 49.9 cm³/mol. The standard InChI is InChI=1S/C10H18N2O/c1-12-6-4-9(5-7-12)11-10(13)8-2-3-8/h8-9,12H,1-7H2,(H,11,13). The van der Waals surface area contributed by atoms with Gasteiger partial charge in [-0.25, -0.2) is 0 Å². The third-order valence-corrected chi connectivity index (χ3v) is 2.99. The molecule has 0 radical (unpaired) electrons. The number of hydrogen-bond donors (Lipinski definition) is 2. The van der Waals surface area contributed by atoms with Crippen molar-refractivity contribution < 1.29 is 9.69 Å². The van der Waals surface area contributed by atoms with E-state index in [0.717, 1.165) is 38.8 Å². The molecule has 0 unspecified atom stereocenters. The van der Waals surface area contributed by atoms with Gasteiger partial charge in [0, 0.05) is 24.8 Å². The van der Waals surface area contributed by atoms with Crippen molar-refractivity contribution >= 4 is 5.91 Å². The van der Waals surface area contributed by atoms with E-state index in [4.69, 9.17) is 0 Å². The van der Waals surface area contributed by atoms with E-state index in [1.165, 1.54) is 4.90 Å². The molecule has 1 saturated carbocycles. The summed E-state index contributed by atoms with van der Waals surface area (Å²) in [6.45, 7) is 2.19. The third kappa shape index (κ3) is 2.44. The molecule has 2 N–H and O–H groups in total. The molecule has 0 atom stereocenters. The first-order valence-electron chi connectivity index (χ1n) is 5.23. The summed E-state index contributed by atoms with van der Waals surface area (Å²) in [5.74, 6) is 0.641. The maximum atomic E-state index is 11.4. The quantitative estimate of drug-likeness (QED) is 0.547. The Balaban J connectivity index is 1.72. The molecule has 1 heterocycles. The van der Waals surface area contributed by atoms with E-state index in [9.17, 15) is 4.79 Å². The molecule has 0 spiro atoms.